The quantitative estimate of drug-likeness (QED) is 0.189. The average molecular weight is 662 g/mol. The summed E-state index contributed by atoms with van der Waals surface area (Å²) in [6.07, 6.45) is 0.203. The van der Waals surface area contributed by atoms with Crippen LogP contribution in [0.2, 0.25) is 5.02 Å². The molecule has 0 fully saturated rings. The van der Waals surface area contributed by atoms with E-state index in [1.807, 2.05) is 64.1 Å². The van der Waals surface area contributed by atoms with Crippen LogP contribution in [-0.2, 0) is 32.6 Å². The van der Waals surface area contributed by atoms with Gasteiger partial charge in [0.15, 0.2) is 0 Å². The summed E-state index contributed by atoms with van der Waals surface area (Å²) >= 11 is 6.32. The molecule has 0 aliphatic carbocycles. The number of nitrogens with one attached hydrogen (secondary N) is 1. The highest BCUT2D eigenvalue weighted by molar-refractivity contribution is 7.92. The van der Waals surface area contributed by atoms with Crippen LogP contribution in [0, 0.1) is 6.92 Å². The molecule has 8 nitrogen and oxygen atoms in total. The molecule has 4 rings (SSSR count). The molecule has 0 heterocycles. The number of rotatable bonds is 12. The largest absolute Gasteiger partial charge is 0.495 e. The lowest BCUT2D eigenvalue weighted by Crippen LogP contribution is -2.56. The second kappa shape index (κ2) is 14.8. The van der Waals surface area contributed by atoms with Crippen molar-refractivity contribution >= 4 is 39.1 Å². The lowest BCUT2D eigenvalue weighted by atomic mass is 10.0. The van der Waals surface area contributed by atoms with Gasteiger partial charge in [-0.3, -0.25) is 13.9 Å². The first kappa shape index (κ1) is 34.5. The molecule has 4 aromatic rings. The third kappa shape index (κ3) is 8.89. The molecule has 0 bridgehead atoms. The second-order valence-corrected chi connectivity index (χ2v) is 14.4. The summed E-state index contributed by atoms with van der Waals surface area (Å²) in [5, 5.41) is 3.50. The highest BCUT2D eigenvalue weighted by Gasteiger charge is 2.36. The third-order valence-electron chi connectivity index (χ3n) is 7.22. The molecule has 0 unspecified atom stereocenters. The fourth-order valence-electron chi connectivity index (χ4n) is 5.07. The number of benzene rings is 4. The van der Waals surface area contributed by atoms with Crippen LogP contribution in [0.4, 0.5) is 5.69 Å². The number of hydrogen-bond donors (Lipinski definition) is 1. The number of amides is 2. The summed E-state index contributed by atoms with van der Waals surface area (Å²) in [6, 6.07) is 28.5. The Labute approximate surface area is 277 Å². The van der Waals surface area contributed by atoms with Gasteiger partial charge in [0.25, 0.3) is 10.0 Å². The molecule has 2 amide bonds. The van der Waals surface area contributed by atoms with Gasteiger partial charge >= 0.3 is 0 Å². The highest BCUT2D eigenvalue weighted by Crippen LogP contribution is 2.34. The molecule has 0 aliphatic rings. The Morgan fingerprint density at radius 1 is 0.870 bits per heavy atom. The van der Waals surface area contributed by atoms with Crippen LogP contribution in [0.1, 0.15) is 37.5 Å². The Hall–Kier alpha value is -4.34. The molecule has 1 N–H and O–H groups in total. The number of sulfonamides is 1. The minimum atomic E-state index is -4.26. The van der Waals surface area contributed by atoms with E-state index < -0.39 is 34.1 Å². The summed E-state index contributed by atoms with van der Waals surface area (Å²) in [5.74, 6) is -0.657. The van der Waals surface area contributed by atoms with Crippen LogP contribution in [-0.4, -0.2) is 50.4 Å². The maximum absolute atomic E-state index is 14.6. The van der Waals surface area contributed by atoms with Gasteiger partial charge in [-0.15, -0.1) is 0 Å². The van der Waals surface area contributed by atoms with E-state index in [9.17, 15) is 18.0 Å². The van der Waals surface area contributed by atoms with Crippen LogP contribution in [0.5, 0.6) is 5.75 Å². The van der Waals surface area contributed by atoms with Crippen LogP contribution in [0.15, 0.2) is 108 Å². The van der Waals surface area contributed by atoms with Crippen LogP contribution in [0.25, 0.3) is 0 Å². The number of carbonyl (C=O) groups is 2. The van der Waals surface area contributed by atoms with E-state index in [2.05, 4.69) is 5.32 Å². The van der Waals surface area contributed by atoms with Crippen molar-refractivity contribution in [2.75, 3.05) is 18.0 Å². The van der Waals surface area contributed by atoms with E-state index in [0.717, 1.165) is 15.4 Å². The molecule has 0 saturated heterocycles. The monoisotopic (exact) mass is 661 g/mol. The standard InChI is InChI=1S/C36H40ClN3O5S/c1-26-19-20-33(45-5)31(21-26)40(46(43,44)30-17-10-7-11-18-30)25-34(41)39(24-28-15-12-16-29(37)22-28)32(35(42)38-36(2,3)4)23-27-13-8-6-9-14-27/h6-22,32H,23-25H2,1-5H3,(H,38,42)/t32-/m1/s1. The van der Waals surface area contributed by atoms with Crippen molar-refractivity contribution in [1.29, 1.82) is 0 Å². The first-order chi connectivity index (χ1) is 21.8. The van der Waals surface area contributed by atoms with Crippen molar-refractivity contribution < 1.29 is 22.7 Å². The van der Waals surface area contributed by atoms with Crippen molar-refractivity contribution in [3.05, 3.63) is 125 Å². The average Bonchev–Trinajstić information content (AvgIpc) is 3.01. The first-order valence-corrected chi connectivity index (χ1v) is 16.7. The summed E-state index contributed by atoms with van der Waals surface area (Å²) in [6.45, 7) is 6.85. The minimum Gasteiger partial charge on any atom is -0.495 e. The first-order valence-electron chi connectivity index (χ1n) is 14.9. The molecule has 0 spiro atoms. The number of halogens is 1. The van der Waals surface area contributed by atoms with Gasteiger partial charge in [0, 0.05) is 23.5 Å². The molecule has 1 atom stereocenters. The van der Waals surface area contributed by atoms with E-state index in [4.69, 9.17) is 16.3 Å². The summed E-state index contributed by atoms with van der Waals surface area (Å²) in [5.41, 5.74) is 1.93. The van der Waals surface area contributed by atoms with E-state index in [1.54, 1.807) is 54.6 Å². The SMILES string of the molecule is COc1ccc(C)cc1N(CC(=O)N(Cc1cccc(Cl)c1)[C@H](Cc1ccccc1)C(=O)NC(C)(C)C)S(=O)(=O)c1ccccc1. The van der Waals surface area contributed by atoms with Crippen molar-refractivity contribution in [2.24, 2.45) is 0 Å². The van der Waals surface area contributed by atoms with E-state index in [1.165, 1.54) is 24.1 Å². The minimum absolute atomic E-state index is 0.0125. The fourth-order valence-corrected chi connectivity index (χ4v) is 6.72. The van der Waals surface area contributed by atoms with Crippen molar-refractivity contribution in [3.63, 3.8) is 0 Å². The maximum atomic E-state index is 14.6. The van der Waals surface area contributed by atoms with Crippen molar-refractivity contribution in [1.82, 2.24) is 10.2 Å². The Morgan fingerprint density at radius 2 is 1.50 bits per heavy atom. The Balaban J connectivity index is 1.86. The Morgan fingerprint density at radius 3 is 2.11 bits per heavy atom. The topological polar surface area (TPSA) is 96.0 Å². The normalized spacial score (nSPS) is 12.2. The van der Waals surface area contributed by atoms with Crippen LogP contribution >= 0.6 is 11.6 Å². The maximum Gasteiger partial charge on any atom is 0.264 e. The highest BCUT2D eigenvalue weighted by atomic mass is 35.5. The fraction of sp³-hybridized carbons (Fsp3) is 0.278. The van der Waals surface area contributed by atoms with Gasteiger partial charge in [-0.2, -0.15) is 0 Å². The second-order valence-electron chi connectivity index (χ2n) is 12.1. The zero-order valence-electron chi connectivity index (χ0n) is 26.7. The van der Waals surface area contributed by atoms with Gasteiger partial charge in [0.2, 0.25) is 11.8 Å². The lowest BCUT2D eigenvalue weighted by Gasteiger charge is -2.35. The number of nitrogens with zero attached hydrogens (tertiary/aromatic N) is 2. The third-order valence-corrected chi connectivity index (χ3v) is 9.23. The van der Waals surface area contributed by atoms with Gasteiger partial charge in [-0.25, -0.2) is 8.42 Å². The number of ether oxygens (including phenoxy) is 1. The van der Waals surface area contributed by atoms with Gasteiger partial charge in [0.05, 0.1) is 17.7 Å². The number of aryl methyl sites for hydroxylation is 1. The molecule has 4 aromatic carbocycles. The predicted octanol–water partition coefficient (Wildman–Crippen LogP) is 6.41. The van der Waals surface area contributed by atoms with Gasteiger partial charge in [0.1, 0.15) is 18.3 Å². The van der Waals surface area contributed by atoms with Crippen LogP contribution < -0.4 is 14.4 Å². The summed E-state index contributed by atoms with van der Waals surface area (Å²) < 4.78 is 35.1. The molecule has 0 radical (unpaired) electrons. The van der Waals surface area contributed by atoms with Gasteiger partial charge in [-0.05, 0) is 80.8 Å². The predicted molar refractivity (Wildman–Crippen MR) is 183 cm³/mol. The number of hydrogen-bond acceptors (Lipinski definition) is 5. The molecule has 242 valence electrons. The lowest BCUT2D eigenvalue weighted by molar-refractivity contribution is -0.140. The van der Waals surface area contributed by atoms with Gasteiger partial charge < -0.3 is 15.0 Å². The number of methoxy groups -OCH3 is 1. The van der Waals surface area contributed by atoms with Gasteiger partial charge in [-0.1, -0.05) is 78.3 Å². The van der Waals surface area contributed by atoms with E-state index in [-0.39, 0.29) is 35.2 Å². The number of carbonyl (C=O) groups excluding carboxylic acids is 2. The van der Waals surface area contributed by atoms with Crippen LogP contribution in [0.3, 0.4) is 0 Å². The summed E-state index contributed by atoms with van der Waals surface area (Å²) in [7, 11) is -2.82. The molecular weight excluding hydrogens is 622 g/mol. The summed E-state index contributed by atoms with van der Waals surface area (Å²) in [4.78, 5) is 30.1. The van der Waals surface area contributed by atoms with E-state index in [0.29, 0.717) is 10.6 Å². The molecule has 0 saturated carbocycles. The molecule has 10 heteroatoms. The van der Waals surface area contributed by atoms with Crippen molar-refractivity contribution in [3.8, 4) is 5.75 Å². The molecule has 46 heavy (non-hydrogen) atoms. The van der Waals surface area contributed by atoms with E-state index >= 15 is 0 Å². The Bertz CT molecular complexity index is 1760. The zero-order chi connectivity index (χ0) is 33.5. The zero-order valence-corrected chi connectivity index (χ0v) is 28.3. The Kier molecular flexibility index (Phi) is 11.1. The smallest absolute Gasteiger partial charge is 0.264 e. The molecular formula is C36H40ClN3O5S. The number of anilines is 1. The molecule has 0 aromatic heterocycles. The van der Waals surface area contributed by atoms with Crippen molar-refractivity contribution in [2.45, 2.75) is 57.1 Å². The molecule has 0 aliphatic heterocycles.